The SMILES string of the molecule is CCOc1ccc(CNC(=O)c2ccccc2NC(=O)[C@@H]2CC(=O)N(c3ccc(CC)cc3)C2)cc1. The predicted molar refractivity (Wildman–Crippen MR) is 140 cm³/mol. The number of amides is 3. The van der Waals surface area contributed by atoms with Crippen molar-refractivity contribution in [2.45, 2.75) is 33.2 Å². The number of nitrogens with zero attached hydrogens (tertiary/aromatic N) is 1. The molecule has 3 aromatic rings. The first-order valence-electron chi connectivity index (χ1n) is 12.3. The van der Waals surface area contributed by atoms with Crippen LogP contribution in [0.2, 0.25) is 0 Å². The molecule has 2 N–H and O–H groups in total. The average Bonchev–Trinajstić information content (AvgIpc) is 3.30. The van der Waals surface area contributed by atoms with Crippen molar-refractivity contribution in [3.63, 3.8) is 0 Å². The van der Waals surface area contributed by atoms with Crippen LogP contribution in [0.4, 0.5) is 11.4 Å². The zero-order valence-electron chi connectivity index (χ0n) is 20.6. The number of carbonyl (C=O) groups excluding carboxylic acids is 3. The van der Waals surface area contributed by atoms with Gasteiger partial charge < -0.3 is 20.3 Å². The lowest BCUT2D eigenvalue weighted by Crippen LogP contribution is -2.29. The van der Waals surface area contributed by atoms with E-state index in [1.54, 1.807) is 29.2 Å². The molecular weight excluding hydrogens is 454 g/mol. The van der Waals surface area contributed by atoms with Gasteiger partial charge in [0.15, 0.2) is 0 Å². The Morgan fingerprint density at radius 3 is 2.33 bits per heavy atom. The van der Waals surface area contributed by atoms with E-state index >= 15 is 0 Å². The van der Waals surface area contributed by atoms with Crippen LogP contribution in [-0.4, -0.2) is 30.9 Å². The van der Waals surface area contributed by atoms with Crippen LogP contribution in [0.5, 0.6) is 5.75 Å². The number of ether oxygens (including phenoxy) is 1. The fraction of sp³-hybridized carbons (Fsp3) is 0.276. The lowest BCUT2D eigenvalue weighted by molar-refractivity contribution is -0.122. The minimum absolute atomic E-state index is 0.0826. The van der Waals surface area contributed by atoms with Gasteiger partial charge in [-0.15, -0.1) is 0 Å². The van der Waals surface area contributed by atoms with E-state index in [-0.39, 0.29) is 24.1 Å². The van der Waals surface area contributed by atoms with Crippen LogP contribution in [0.3, 0.4) is 0 Å². The van der Waals surface area contributed by atoms with Crippen molar-refractivity contribution < 1.29 is 19.1 Å². The van der Waals surface area contributed by atoms with Crippen molar-refractivity contribution in [2.24, 2.45) is 5.92 Å². The van der Waals surface area contributed by atoms with Gasteiger partial charge in [0.25, 0.3) is 5.91 Å². The molecule has 1 saturated heterocycles. The highest BCUT2D eigenvalue weighted by Gasteiger charge is 2.35. The molecule has 4 rings (SSSR count). The Morgan fingerprint density at radius 2 is 1.64 bits per heavy atom. The Morgan fingerprint density at radius 1 is 0.944 bits per heavy atom. The second kappa shape index (κ2) is 11.5. The summed E-state index contributed by atoms with van der Waals surface area (Å²) < 4.78 is 5.45. The molecule has 0 bridgehead atoms. The zero-order valence-corrected chi connectivity index (χ0v) is 20.6. The van der Waals surface area contributed by atoms with E-state index in [1.807, 2.05) is 55.5 Å². The number of carbonyl (C=O) groups is 3. The van der Waals surface area contributed by atoms with Crippen LogP contribution < -0.4 is 20.3 Å². The van der Waals surface area contributed by atoms with Gasteiger partial charge in [0.1, 0.15) is 5.75 Å². The van der Waals surface area contributed by atoms with E-state index in [2.05, 4.69) is 17.6 Å². The summed E-state index contributed by atoms with van der Waals surface area (Å²) >= 11 is 0. The number of aryl methyl sites for hydroxylation is 1. The molecule has 1 fully saturated rings. The highest BCUT2D eigenvalue weighted by molar-refractivity contribution is 6.07. The topological polar surface area (TPSA) is 87.7 Å². The third-order valence-electron chi connectivity index (χ3n) is 6.27. The van der Waals surface area contributed by atoms with Crippen LogP contribution in [0.25, 0.3) is 0 Å². The molecule has 0 aliphatic carbocycles. The van der Waals surface area contributed by atoms with Gasteiger partial charge in [-0.3, -0.25) is 14.4 Å². The van der Waals surface area contributed by atoms with Crippen LogP contribution in [-0.2, 0) is 22.6 Å². The summed E-state index contributed by atoms with van der Waals surface area (Å²) in [7, 11) is 0. The third-order valence-corrected chi connectivity index (χ3v) is 6.27. The van der Waals surface area contributed by atoms with Crippen molar-refractivity contribution in [2.75, 3.05) is 23.4 Å². The standard InChI is InChI=1S/C29H31N3O4/c1-3-20-9-13-23(14-10-20)32-19-22(17-27(32)33)28(34)31-26-8-6-5-7-25(26)29(35)30-18-21-11-15-24(16-12-21)36-4-2/h5-16,22H,3-4,17-19H2,1-2H3,(H,30,35)(H,31,34)/t22-/m1/s1. The summed E-state index contributed by atoms with van der Waals surface area (Å²) in [5.74, 6) is -0.366. The molecule has 0 radical (unpaired) electrons. The normalized spacial score (nSPS) is 15.0. The van der Waals surface area contributed by atoms with E-state index in [0.29, 0.717) is 30.9 Å². The molecule has 3 amide bonds. The fourth-order valence-electron chi connectivity index (χ4n) is 4.22. The lowest BCUT2D eigenvalue weighted by atomic mass is 10.1. The van der Waals surface area contributed by atoms with Crippen LogP contribution in [0, 0.1) is 5.92 Å². The monoisotopic (exact) mass is 485 g/mol. The molecule has 7 nitrogen and oxygen atoms in total. The molecule has 1 atom stereocenters. The molecule has 0 spiro atoms. The Hall–Kier alpha value is -4.13. The van der Waals surface area contributed by atoms with Gasteiger partial charge >= 0.3 is 0 Å². The zero-order chi connectivity index (χ0) is 25.5. The molecule has 1 heterocycles. The van der Waals surface area contributed by atoms with Gasteiger partial charge in [-0.25, -0.2) is 0 Å². The Balaban J connectivity index is 1.38. The summed E-state index contributed by atoms with van der Waals surface area (Å²) in [4.78, 5) is 40.2. The fourth-order valence-corrected chi connectivity index (χ4v) is 4.22. The second-order valence-corrected chi connectivity index (χ2v) is 8.72. The predicted octanol–water partition coefficient (Wildman–Crippen LogP) is 4.57. The number of hydrogen-bond donors (Lipinski definition) is 2. The van der Waals surface area contributed by atoms with E-state index < -0.39 is 5.92 Å². The smallest absolute Gasteiger partial charge is 0.253 e. The maximum absolute atomic E-state index is 13.0. The quantitative estimate of drug-likeness (QED) is 0.465. The average molecular weight is 486 g/mol. The number of rotatable bonds is 9. The molecule has 1 aliphatic rings. The van der Waals surface area contributed by atoms with E-state index in [9.17, 15) is 14.4 Å². The molecule has 3 aromatic carbocycles. The molecule has 7 heteroatoms. The van der Waals surface area contributed by atoms with Gasteiger partial charge in [0.05, 0.1) is 23.8 Å². The van der Waals surface area contributed by atoms with E-state index in [4.69, 9.17) is 4.74 Å². The van der Waals surface area contributed by atoms with Gasteiger partial charge in [0, 0.05) is 25.2 Å². The van der Waals surface area contributed by atoms with Crippen LogP contribution in [0.15, 0.2) is 72.8 Å². The summed E-state index contributed by atoms with van der Waals surface area (Å²) in [5, 5.41) is 5.77. The first-order chi connectivity index (χ1) is 17.5. The van der Waals surface area contributed by atoms with Crippen molar-refractivity contribution in [1.29, 1.82) is 0 Å². The highest BCUT2D eigenvalue weighted by atomic mass is 16.5. The number of hydrogen-bond acceptors (Lipinski definition) is 4. The van der Waals surface area contributed by atoms with E-state index in [1.165, 1.54) is 5.56 Å². The minimum Gasteiger partial charge on any atom is -0.494 e. The molecule has 0 saturated carbocycles. The Labute approximate surface area is 211 Å². The second-order valence-electron chi connectivity index (χ2n) is 8.72. The third kappa shape index (κ3) is 5.92. The number of benzene rings is 3. The molecule has 0 unspecified atom stereocenters. The van der Waals surface area contributed by atoms with Crippen LogP contribution >= 0.6 is 0 Å². The molecular formula is C29H31N3O4. The van der Waals surface area contributed by atoms with Crippen LogP contribution in [0.1, 0.15) is 41.8 Å². The van der Waals surface area contributed by atoms with Gasteiger partial charge in [-0.1, -0.05) is 43.3 Å². The Bertz CT molecular complexity index is 1220. The van der Waals surface area contributed by atoms with Crippen molar-refractivity contribution in [3.05, 3.63) is 89.5 Å². The number of anilines is 2. The summed E-state index contributed by atoms with van der Waals surface area (Å²) in [6.45, 7) is 5.25. The molecule has 1 aliphatic heterocycles. The highest BCUT2D eigenvalue weighted by Crippen LogP contribution is 2.27. The number of para-hydroxylation sites is 1. The largest absolute Gasteiger partial charge is 0.494 e. The summed E-state index contributed by atoms with van der Waals surface area (Å²) in [6, 6.07) is 22.2. The molecule has 36 heavy (non-hydrogen) atoms. The molecule has 186 valence electrons. The lowest BCUT2D eigenvalue weighted by Gasteiger charge is -2.17. The van der Waals surface area contributed by atoms with Gasteiger partial charge in [-0.2, -0.15) is 0 Å². The van der Waals surface area contributed by atoms with Crippen molar-refractivity contribution in [3.8, 4) is 5.75 Å². The first kappa shape index (κ1) is 25.0. The maximum Gasteiger partial charge on any atom is 0.253 e. The van der Waals surface area contributed by atoms with Crippen molar-refractivity contribution in [1.82, 2.24) is 5.32 Å². The summed E-state index contributed by atoms with van der Waals surface area (Å²) in [6.07, 6.45) is 1.06. The first-order valence-corrected chi connectivity index (χ1v) is 12.3. The van der Waals surface area contributed by atoms with E-state index in [0.717, 1.165) is 23.4 Å². The maximum atomic E-state index is 13.0. The van der Waals surface area contributed by atoms with Gasteiger partial charge in [0.2, 0.25) is 11.8 Å². The molecule has 0 aromatic heterocycles. The number of nitrogens with one attached hydrogen (secondary N) is 2. The minimum atomic E-state index is -0.497. The van der Waals surface area contributed by atoms with Crippen molar-refractivity contribution >= 4 is 29.1 Å². The summed E-state index contributed by atoms with van der Waals surface area (Å²) in [5.41, 5.74) is 3.71. The Kier molecular flexibility index (Phi) is 8.00. The van der Waals surface area contributed by atoms with Gasteiger partial charge in [-0.05, 0) is 60.9 Å².